The highest BCUT2D eigenvalue weighted by Gasteiger charge is 2.29. The van der Waals surface area contributed by atoms with Gasteiger partial charge in [0.1, 0.15) is 28.7 Å². The second-order valence-corrected chi connectivity index (χ2v) is 13.4. The number of benzene rings is 3. The van der Waals surface area contributed by atoms with Crippen molar-refractivity contribution in [3.63, 3.8) is 0 Å². The minimum Gasteiger partial charge on any atom is -0.489 e. The Morgan fingerprint density at radius 1 is 1.12 bits per heavy atom. The number of fused-ring (bicyclic) bond motifs is 1. The van der Waals surface area contributed by atoms with Gasteiger partial charge in [0.2, 0.25) is 0 Å². The van der Waals surface area contributed by atoms with Gasteiger partial charge in [-0.25, -0.2) is 4.79 Å². The molecule has 1 fully saturated rings. The summed E-state index contributed by atoms with van der Waals surface area (Å²) < 4.78 is 18.2. The Bertz CT molecular complexity index is 1720. The number of hydrogen-bond acceptors (Lipinski definition) is 7. The molecule has 42 heavy (non-hydrogen) atoms. The standard InChI is InChI=1S/C34H32ClNO4S2/c1-20(2)33-27(32(36-40-33)31-25(21-7-4-8-21)10-6-11-28(31)35)18-39-23-13-15-24(16-14-23)41-19-22-9-5-12-29-26(22)17-30(42-29)34(37)38-3/h5-6,9-17,20-21H,4,7-8,18-19H2,1-3H3. The van der Waals surface area contributed by atoms with Gasteiger partial charge in [-0.3, -0.25) is 0 Å². The largest absolute Gasteiger partial charge is 0.489 e. The zero-order chi connectivity index (χ0) is 29.2. The Balaban J connectivity index is 1.17. The molecule has 2 heterocycles. The van der Waals surface area contributed by atoms with Crippen LogP contribution in [0.2, 0.25) is 5.02 Å². The number of halogens is 1. The van der Waals surface area contributed by atoms with Gasteiger partial charge in [-0.05, 0) is 77.7 Å². The maximum absolute atomic E-state index is 12.0. The number of carbonyl (C=O) groups is 1. The van der Waals surface area contributed by atoms with Gasteiger partial charge in [0, 0.05) is 26.8 Å². The van der Waals surface area contributed by atoms with E-state index in [1.54, 1.807) is 11.8 Å². The van der Waals surface area contributed by atoms with E-state index in [4.69, 9.17) is 25.6 Å². The molecule has 0 radical (unpaired) electrons. The van der Waals surface area contributed by atoms with Crippen molar-refractivity contribution >= 4 is 50.8 Å². The summed E-state index contributed by atoms with van der Waals surface area (Å²) in [6, 6.07) is 22.4. The average molecular weight is 618 g/mol. The van der Waals surface area contributed by atoms with Gasteiger partial charge in [0.05, 0.1) is 17.7 Å². The van der Waals surface area contributed by atoms with Gasteiger partial charge < -0.3 is 14.0 Å². The Morgan fingerprint density at radius 2 is 1.90 bits per heavy atom. The van der Waals surface area contributed by atoms with Crippen LogP contribution < -0.4 is 4.74 Å². The van der Waals surface area contributed by atoms with Crippen molar-refractivity contribution in [1.29, 1.82) is 0 Å². The molecule has 3 aromatic carbocycles. The number of methoxy groups -OCH3 is 1. The molecule has 0 atom stereocenters. The molecule has 1 aliphatic rings. The second kappa shape index (κ2) is 12.5. The maximum atomic E-state index is 12.0. The molecule has 216 valence electrons. The molecular weight excluding hydrogens is 586 g/mol. The van der Waals surface area contributed by atoms with Crippen LogP contribution in [0.3, 0.4) is 0 Å². The van der Waals surface area contributed by atoms with E-state index in [1.165, 1.54) is 48.8 Å². The number of thiophene rings is 1. The Hall–Kier alpha value is -3.26. The first-order valence-electron chi connectivity index (χ1n) is 14.2. The lowest BCUT2D eigenvalue weighted by Crippen LogP contribution is -2.11. The third-order valence-electron chi connectivity index (χ3n) is 7.81. The summed E-state index contributed by atoms with van der Waals surface area (Å²) in [6.07, 6.45) is 3.60. The van der Waals surface area contributed by atoms with Gasteiger partial charge in [-0.1, -0.05) is 61.3 Å². The van der Waals surface area contributed by atoms with Crippen molar-refractivity contribution in [2.45, 2.75) is 62.2 Å². The summed E-state index contributed by atoms with van der Waals surface area (Å²) in [4.78, 5) is 13.8. The van der Waals surface area contributed by atoms with E-state index >= 15 is 0 Å². The summed E-state index contributed by atoms with van der Waals surface area (Å²) in [7, 11) is 1.41. The zero-order valence-corrected chi connectivity index (χ0v) is 26.2. The third kappa shape index (κ3) is 5.83. The molecule has 0 amide bonds. The lowest BCUT2D eigenvalue weighted by atomic mass is 9.77. The summed E-state index contributed by atoms with van der Waals surface area (Å²) in [5.41, 5.74) is 5.15. The molecule has 0 N–H and O–H groups in total. The van der Waals surface area contributed by atoms with Crippen molar-refractivity contribution in [2.75, 3.05) is 7.11 Å². The topological polar surface area (TPSA) is 61.6 Å². The predicted octanol–water partition coefficient (Wildman–Crippen LogP) is 10.3. The van der Waals surface area contributed by atoms with Crippen LogP contribution in [0, 0.1) is 0 Å². The first-order valence-corrected chi connectivity index (χ1v) is 16.3. The minimum atomic E-state index is -0.296. The molecule has 1 saturated carbocycles. The Morgan fingerprint density at radius 3 is 2.62 bits per heavy atom. The molecule has 0 aliphatic heterocycles. The van der Waals surface area contributed by atoms with Crippen LogP contribution in [-0.2, 0) is 17.1 Å². The molecule has 0 spiro atoms. The molecule has 1 aliphatic carbocycles. The van der Waals surface area contributed by atoms with Gasteiger partial charge in [-0.2, -0.15) is 0 Å². The number of rotatable bonds is 10. The predicted molar refractivity (Wildman–Crippen MR) is 171 cm³/mol. The fourth-order valence-corrected chi connectivity index (χ4v) is 7.56. The Kier molecular flexibility index (Phi) is 8.61. The third-order valence-corrected chi connectivity index (χ3v) is 10.3. The van der Waals surface area contributed by atoms with Crippen LogP contribution in [0.1, 0.15) is 77.1 Å². The molecule has 6 rings (SSSR count). The first kappa shape index (κ1) is 28.8. The monoisotopic (exact) mass is 617 g/mol. The molecule has 5 nitrogen and oxygen atoms in total. The van der Waals surface area contributed by atoms with Gasteiger partial charge in [-0.15, -0.1) is 23.1 Å². The minimum absolute atomic E-state index is 0.162. The highest BCUT2D eigenvalue weighted by atomic mass is 35.5. The molecular formula is C34H32ClNO4S2. The summed E-state index contributed by atoms with van der Waals surface area (Å²) in [6.45, 7) is 4.55. The number of aromatic nitrogens is 1. The smallest absolute Gasteiger partial charge is 0.348 e. The van der Waals surface area contributed by atoms with E-state index in [0.29, 0.717) is 22.4 Å². The zero-order valence-electron chi connectivity index (χ0n) is 23.8. The van der Waals surface area contributed by atoms with E-state index in [1.807, 2.05) is 42.5 Å². The van der Waals surface area contributed by atoms with Crippen LogP contribution in [0.4, 0.5) is 0 Å². The van der Waals surface area contributed by atoms with Crippen molar-refractivity contribution in [1.82, 2.24) is 5.16 Å². The Labute approximate surface area is 259 Å². The van der Waals surface area contributed by atoms with Gasteiger partial charge in [0.25, 0.3) is 0 Å². The highest BCUT2D eigenvalue weighted by Crippen LogP contribution is 2.45. The number of thioether (sulfide) groups is 1. The van der Waals surface area contributed by atoms with Crippen LogP contribution in [0.5, 0.6) is 5.75 Å². The average Bonchev–Trinajstić information content (AvgIpc) is 3.59. The van der Waals surface area contributed by atoms with E-state index < -0.39 is 0 Å². The number of nitrogens with zero attached hydrogens (tertiary/aromatic N) is 1. The molecule has 0 bridgehead atoms. The molecule has 5 aromatic rings. The lowest BCUT2D eigenvalue weighted by Gasteiger charge is -2.28. The lowest BCUT2D eigenvalue weighted by molar-refractivity contribution is 0.0606. The van der Waals surface area contributed by atoms with Crippen LogP contribution in [-0.4, -0.2) is 18.2 Å². The van der Waals surface area contributed by atoms with Gasteiger partial charge in [0.15, 0.2) is 0 Å². The van der Waals surface area contributed by atoms with E-state index in [0.717, 1.165) is 49.1 Å². The number of hydrogen-bond donors (Lipinski definition) is 0. The normalized spacial score (nSPS) is 13.5. The molecule has 2 aromatic heterocycles. The quantitative estimate of drug-likeness (QED) is 0.115. The molecule has 0 unspecified atom stereocenters. The summed E-state index contributed by atoms with van der Waals surface area (Å²) in [5.74, 6) is 2.78. The van der Waals surface area contributed by atoms with Gasteiger partial charge >= 0.3 is 5.97 Å². The van der Waals surface area contributed by atoms with E-state index in [-0.39, 0.29) is 11.9 Å². The van der Waals surface area contributed by atoms with Crippen molar-refractivity contribution in [3.8, 4) is 17.0 Å². The summed E-state index contributed by atoms with van der Waals surface area (Å²) >= 11 is 9.98. The van der Waals surface area contributed by atoms with E-state index in [9.17, 15) is 4.79 Å². The number of esters is 1. The molecule has 0 saturated heterocycles. The van der Waals surface area contributed by atoms with Crippen molar-refractivity contribution in [3.05, 3.63) is 99.1 Å². The highest BCUT2D eigenvalue weighted by molar-refractivity contribution is 7.98. The second-order valence-electron chi connectivity index (χ2n) is 10.8. The van der Waals surface area contributed by atoms with Crippen molar-refractivity contribution in [2.24, 2.45) is 0 Å². The number of carbonyl (C=O) groups excluding carboxylic acids is 1. The molecule has 8 heteroatoms. The van der Waals surface area contributed by atoms with Crippen LogP contribution in [0.25, 0.3) is 21.3 Å². The van der Waals surface area contributed by atoms with Crippen molar-refractivity contribution < 1.29 is 18.8 Å². The van der Waals surface area contributed by atoms with Crippen LogP contribution >= 0.6 is 34.7 Å². The first-order chi connectivity index (χ1) is 20.4. The fraction of sp³-hybridized carbons (Fsp3) is 0.294. The maximum Gasteiger partial charge on any atom is 0.348 e. The van der Waals surface area contributed by atoms with Crippen LogP contribution in [0.15, 0.2) is 76.1 Å². The number of ether oxygens (including phenoxy) is 2. The summed E-state index contributed by atoms with van der Waals surface area (Å²) in [5, 5.41) is 6.32. The fourth-order valence-electron chi connectivity index (χ4n) is 5.36. The SMILES string of the molecule is COC(=O)c1cc2c(CSc3ccc(OCc4c(-c5c(Cl)cccc5C5CCC5)noc4C(C)C)cc3)cccc2s1. The van der Waals surface area contributed by atoms with E-state index in [2.05, 4.69) is 43.3 Å².